The standard InChI is InChI=1S/C43H72N8O11/c1-30-26-33(52)27-31(2)34(30)29-37(50-39(53)35(45)12-9-15-48-43(46)47)41(55)49-36(13-7-8-14-44)40(54)51-38(28-32-10-5-4-6-11-32)42(56)62-25-24-61-23-22-60-21-20-59-19-18-58-17-16-57-3/h4-6,10-11,26-27,35-38,43,48,52H,7-9,12-25,28-29,44-47H2,1-3H3,(H,49,55)(H,50,53)(H,51,54)/t35-,36+,37+,38+/m1/s1. The normalized spacial score (nSPS) is 13.3. The minimum absolute atomic E-state index is 0.0421. The maximum atomic E-state index is 14.2. The van der Waals surface area contributed by atoms with E-state index in [2.05, 4.69) is 21.3 Å². The third kappa shape index (κ3) is 23.2. The van der Waals surface area contributed by atoms with E-state index < -0.39 is 54.1 Å². The Morgan fingerprint density at radius 3 is 1.74 bits per heavy atom. The molecule has 0 bridgehead atoms. The molecule has 19 nitrogen and oxygen atoms in total. The predicted molar refractivity (Wildman–Crippen MR) is 234 cm³/mol. The smallest absolute Gasteiger partial charge is 0.329 e. The van der Waals surface area contributed by atoms with Gasteiger partial charge in [-0.2, -0.15) is 0 Å². The Kier molecular flexibility index (Phi) is 28.1. The van der Waals surface area contributed by atoms with Gasteiger partial charge in [-0.25, -0.2) is 4.79 Å². The predicted octanol–water partition coefficient (Wildman–Crippen LogP) is -0.468. The van der Waals surface area contributed by atoms with Crippen molar-refractivity contribution >= 4 is 23.7 Å². The molecule has 2 aromatic rings. The van der Waals surface area contributed by atoms with Crippen LogP contribution in [0.5, 0.6) is 5.75 Å². The number of carbonyl (C=O) groups is 4. The molecule has 350 valence electrons. The lowest BCUT2D eigenvalue weighted by atomic mass is 9.95. The van der Waals surface area contributed by atoms with E-state index in [1.165, 1.54) is 0 Å². The van der Waals surface area contributed by atoms with Crippen molar-refractivity contribution in [2.45, 2.75) is 89.3 Å². The summed E-state index contributed by atoms with van der Waals surface area (Å²) in [6.07, 6.45) is 1.48. The van der Waals surface area contributed by atoms with Gasteiger partial charge < -0.3 is 72.4 Å². The number of benzene rings is 2. The van der Waals surface area contributed by atoms with E-state index in [0.29, 0.717) is 89.7 Å². The van der Waals surface area contributed by atoms with Crippen LogP contribution < -0.4 is 44.2 Å². The van der Waals surface area contributed by atoms with Crippen molar-refractivity contribution in [1.82, 2.24) is 21.3 Å². The molecule has 0 unspecified atom stereocenters. The van der Waals surface area contributed by atoms with E-state index in [1.807, 2.05) is 30.3 Å². The number of amides is 3. The third-order valence-corrected chi connectivity index (χ3v) is 9.61. The first kappa shape index (κ1) is 53.9. The van der Waals surface area contributed by atoms with Crippen molar-refractivity contribution in [3.63, 3.8) is 0 Å². The summed E-state index contributed by atoms with van der Waals surface area (Å²) < 4.78 is 32.3. The molecule has 0 aromatic heterocycles. The SMILES string of the molecule is COCCOCCOCCOCCOCCOC(=O)[C@H](Cc1ccccc1)NC(=O)[C@H](CCCCN)NC(=O)[C@H](Cc1c(C)cc(O)cc1C)NC(=O)[C@H](N)CCCNC(N)N. The minimum atomic E-state index is -1.16. The maximum absolute atomic E-state index is 14.2. The van der Waals surface area contributed by atoms with Gasteiger partial charge in [0.25, 0.3) is 0 Å². The van der Waals surface area contributed by atoms with Gasteiger partial charge in [-0.3, -0.25) is 19.7 Å². The van der Waals surface area contributed by atoms with Crippen molar-refractivity contribution < 1.29 is 52.7 Å². The van der Waals surface area contributed by atoms with Crippen LogP contribution in [0.25, 0.3) is 0 Å². The van der Waals surface area contributed by atoms with Crippen LogP contribution in [0.2, 0.25) is 0 Å². The third-order valence-electron chi connectivity index (χ3n) is 9.61. The number of nitrogens with two attached hydrogens (primary N) is 4. The number of hydrogen-bond acceptors (Lipinski definition) is 16. The van der Waals surface area contributed by atoms with E-state index in [0.717, 1.165) is 11.1 Å². The van der Waals surface area contributed by atoms with Crippen LogP contribution in [-0.2, 0) is 60.4 Å². The first-order chi connectivity index (χ1) is 29.9. The highest BCUT2D eigenvalue weighted by molar-refractivity contribution is 5.94. The highest BCUT2D eigenvalue weighted by Crippen LogP contribution is 2.22. The fourth-order valence-electron chi connectivity index (χ4n) is 6.26. The molecule has 0 fully saturated rings. The largest absolute Gasteiger partial charge is 0.508 e. The molecule has 0 saturated carbocycles. The number of hydrogen-bond donors (Lipinski definition) is 9. The lowest BCUT2D eigenvalue weighted by molar-refractivity contribution is -0.149. The molecule has 0 aliphatic rings. The Morgan fingerprint density at radius 1 is 0.645 bits per heavy atom. The summed E-state index contributed by atoms with van der Waals surface area (Å²) in [7, 11) is 1.61. The number of aryl methyl sites for hydroxylation is 2. The molecule has 0 aliphatic carbocycles. The number of phenolic OH excluding ortho intramolecular Hbond substituents is 1. The van der Waals surface area contributed by atoms with Crippen LogP contribution >= 0.6 is 0 Å². The van der Waals surface area contributed by atoms with Gasteiger partial charge in [0.15, 0.2) is 0 Å². The Balaban J connectivity index is 2.11. The highest BCUT2D eigenvalue weighted by atomic mass is 16.6. The number of aromatic hydroxyl groups is 1. The second-order valence-corrected chi connectivity index (χ2v) is 14.8. The molecule has 13 N–H and O–H groups in total. The average Bonchev–Trinajstić information content (AvgIpc) is 3.23. The number of carbonyl (C=O) groups excluding carboxylic acids is 4. The van der Waals surface area contributed by atoms with Gasteiger partial charge in [0.05, 0.1) is 65.5 Å². The zero-order valence-electron chi connectivity index (χ0n) is 36.7. The number of ether oxygens (including phenoxy) is 6. The molecule has 4 atom stereocenters. The zero-order valence-corrected chi connectivity index (χ0v) is 36.7. The number of unbranched alkanes of at least 4 members (excludes halogenated alkanes) is 1. The van der Waals surface area contributed by atoms with E-state index in [4.69, 9.17) is 51.4 Å². The van der Waals surface area contributed by atoms with Crippen LogP contribution in [-0.4, -0.2) is 146 Å². The van der Waals surface area contributed by atoms with Crippen LogP contribution in [0.4, 0.5) is 0 Å². The number of methoxy groups -OCH3 is 1. The maximum Gasteiger partial charge on any atom is 0.329 e. The Labute approximate surface area is 365 Å². The number of esters is 1. The summed E-state index contributed by atoms with van der Waals surface area (Å²) in [5.41, 5.74) is 26.0. The Bertz CT molecular complexity index is 1550. The van der Waals surface area contributed by atoms with Gasteiger partial charge in [-0.15, -0.1) is 0 Å². The number of phenols is 1. The molecule has 3 amide bonds. The van der Waals surface area contributed by atoms with Crippen LogP contribution in [0.15, 0.2) is 42.5 Å². The molecule has 0 aliphatic heterocycles. The fourth-order valence-corrected chi connectivity index (χ4v) is 6.26. The molecule has 2 rings (SSSR count). The van der Waals surface area contributed by atoms with Crippen molar-refractivity contribution in [1.29, 1.82) is 0 Å². The van der Waals surface area contributed by atoms with Gasteiger partial charge in [0.2, 0.25) is 17.7 Å². The van der Waals surface area contributed by atoms with E-state index in [9.17, 15) is 24.3 Å². The van der Waals surface area contributed by atoms with Crippen LogP contribution in [0.3, 0.4) is 0 Å². The molecule has 0 heterocycles. The van der Waals surface area contributed by atoms with E-state index in [1.54, 1.807) is 33.1 Å². The fraction of sp³-hybridized carbons (Fsp3) is 0.628. The van der Waals surface area contributed by atoms with Crippen molar-refractivity contribution in [2.75, 3.05) is 86.3 Å². The zero-order chi connectivity index (χ0) is 45.5. The van der Waals surface area contributed by atoms with Gasteiger partial charge in [-0.1, -0.05) is 30.3 Å². The number of nitrogens with one attached hydrogen (secondary N) is 4. The second kappa shape index (κ2) is 32.4. The summed E-state index contributed by atoms with van der Waals surface area (Å²) >= 11 is 0. The van der Waals surface area contributed by atoms with Gasteiger partial charge in [0, 0.05) is 20.0 Å². The van der Waals surface area contributed by atoms with E-state index >= 15 is 0 Å². The van der Waals surface area contributed by atoms with Crippen molar-refractivity contribution in [2.24, 2.45) is 22.9 Å². The molecule has 19 heteroatoms. The van der Waals surface area contributed by atoms with E-state index in [-0.39, 0.29) is 51.3 Å². The average molecular weight is 877 g/mol. The van der Waals surface area contributed by atoms with Crippen molar-refractivity contribution in [3.05, 3.63) is 64.7 Å². The molecular weight excluding hydrogens is 805 g/mol. The molecule has 0 radical (unpaired) electrons. The number of rotatable bonds is 35. The lowest BCUT2D eigenvalue weighted by Gasteiger charge is -2.26. The summed E-state index contributed by atoms with van der Waals surface area (Å²) in [6.45, 7) is 7.76. The van der Waals surface area contributed by atoms with Gasteiger partial charge in [0.1, 0.15) is 36.8 Å². The molecule has 2 aromatic carbocycles. The first-order valence-electron chi connectivity index (χ1n) is 21.3. The lowest BCUT2D eigenvalue weighted by Crippen LogP contribution is -2.58. The Hall–Kier alpha value is -4.28. The van der Waals surface area contributed by atoms with Crippen molar-refractivity contribution in [3.8, 4) is 5.75 Å². The summed E-state index contributed by atoms with van der Waals surface area (Å²) in [4.78, 5) is 55.1. The van der Waals surface area contributed by atoms with Crippen LogP contribution in [0, 0.1) is 13.8 Å². The summed E-state index contributed by atoms with van der Waals surface area (Å²) in [5.74, 6) is -2.44. The topological polar surface area (TPSA) is 296 Å². The summed E-state index contributed by atoms with van der Waals surface area (Å²) in [5, 5.41) is 21.4. The van der Waals surface area contributed by atoms with Gasteiger partial charge >= 0.3 is 5.97 Å². The summed E-state index contributed by atoms with van der Waals surface area (Å²) in [6, 6.07) is 7.94. The Morgan fingerprint density at radius 2 is 1.18 bits per heavy atom. The monoisotopic (exact) mass is 877 g/mol. The molecule has 62 heavy (non-hydrogen) atoms. The highest BCUT2D eigenvalue weighted by Gasteiger charge is 2.31. The second-order valence-electron chi connectivity index (χ2n) is 14.8. The first-order valence-corrected chi connectivity index (χ1v) is 21.3. The molecular formula is C43H72N8O11. The molecule has 0 spiro atoms. The molecule has 0 saturated heterocycles. The minimum Gasteiger partial charge on any atom is -0.508 e. The van der Waals surface area contributed by atoms with Crippen LogP contribution in [0.1, 0.15) is 54.4 Å². The quantitative estimate of drug-likeness (QED) is 0.0240. The van der Waals surface area contributed by atoms with Gasteiger partial charge in [-0.05, 0) is 93.4 Å².